The van der Waals surface area contributed by atoms with Crippen molar-refractivity contribution in [3.05, 3.63) is 69.7 Å². The Labute approximate surface area is 159 Å². The van der Waals surface area contributed by atoms with E-state index in [4.69, 9.17) is 23.2 Å². The summed E-state index contributed by atoms with van der Waals surface area (Å²) >= 11 is 12.4. The molecule has 0 aromatic heterocycles. The number of hydrogen-bond acceptors (Lipinski definition) is 2. The van der Waals surface area contributed by atoms with Crippen LogP contribution >= 0.6 is 23.2 Å². The molecule has 0 bridgehead atoms. The smallest absolute Gasteiger partial charge is 0.256 e. The Morgan fingerprint density at radius 1 is 1.12 bits per heavy atom. The van der Waals surface area contributed by atoms with E-state index in [2.05, 4.69) is 11.9 Å². The van der Waals surface area contributed by atoms with Crippen LogP contribution in [0.3, 0.4) is 0 Å². The summed E-state index contributed by atoms with van der Waals surface area (Å²) in [6.45, 7) is 1.55. The Bertz CT molecular complexity index is 736. The number of nitrogens with zero attached hydrogens (tertiary/aromatic N) is 2. The SMILES string of the molecule is CN1CCCCC1N(Cc1ccccc1)C(=O)c1cccc(Cl)c1Cl. The maximum Gasteiger partial charge on any atom is 0.256 e. The summed E-state index contributed by atoms with van der Waals surface area (Å²) in [6, 6.07) is 15.3. The molecule has 1 fully saturated rings. The molecule has 0 aliphatic carbocycles. The molecule has 0 N–H and O–H groups in total. The van der Waals surface area contributed by atoms with Crippen LogP contribution in [0.15, 0.2) is 48.5 Å². The highest BCUT2D eigenvalue weighted by Gasteiger charge is 2.31. The van der Waals surface area contributed by atoms with E-state index < -0.39 is 0 Å². The molecule has 1 heterocycles. The van der Waals surface area contributed by atoms with Crippen molar-refractivity contribution in [2.75, 3.05) is 13.6 Å². The number of hydrogen-bond donors (Lipinski definition) is 0. The van der Waals surface area contributed by atoms with Crippen molar-refractivity contribution in [1.82, 2.24) is 9.80 Å². The lowest BCUT2D eigenvalue weighted by atomic mass is 10.0. The van der Waals surface area contributed by atoms with Gasteiger partial charge < -0.3 is 4.90 Å². The Morgan fingerprint density at radius 2 is 1.88 bits per heavy atom. The molecule has 0 saturated carbocycles. The van der Waals surface area contributed by atoms with Gasteiger partial charge in [0.1, 0.15) is 0 Å². The minimum Gasteiger partial charge on any atom is -0.319 e. The fraction of sp³-hybridized carbons (Fsp3) is 0.350. The fourth-order valence-electron chi connectivity index (χ4n) is 3.37. The number of amides is 1. The molecule has 0 spiro atoms. The molecule has 1 atom stereocenters. The minimum atomic E-state index is -0.0740. The van der Waals surface area contributed by atoms with E-state index in [0.717, 1.165) is 31.4 Å². The largest absolute Gasteiger partial charge is 0.319 e. The van der Waals surface area contributed by atoms with Gasteiger partial charge in [-0.1, -0.05) is 59.6 Å². The van der Waals surface area contributed by atoms with Crippen LogP contribution in [-0.2, 0) is 6.54 Å². The minimum absolute atomic E-state index is 0.0662. The summed E-state index contributed by atoms with van der Waals surface area (Å²) < 4.78 is 0. The zero-order chi connectivity index (χ0) is 17.8. The number of halogens is 2. The summed E-state index contributed by atoms with van der Waals surface area (Å²) in [5.41, 5.74) is 1.57. The summed E-state index contributed by atoms with van der Waals surface area (Å²) in [6.07, 6.45) is 3.32. The molecule has 1 amide bonds. The second-order valence-corrected chi connectivity index (χ2v) is 7.26. The average molecular weight is 377 g/mol. The molecule has 2 aromatic carbocycles. The first-order valence-corrected chi connectivity index (χ1v) is 9.32. The lowest BCUT2D eigenvalue weighted by Gasteiger charge is -2.41. The van der Waals surface area contributed by atoms with Crippen LogP contribution in [-0.4, -0.2) is 35.5 Å². The van der Waals surface area contributed by atoms with Gasteiger partial charge in [-0.3, -0.25) is 9.69 Å². The van der Waals surface area contributed by atoms with E-state index >= 15 is 0 Å². The maximum absolute atomic E-state index is 13.3. The summed E-state index contributed by atoms with van der Waals surface area (Å²) in [5.74, 6) is -0.0740. The monoisotopic (exact) mass is 376 g/mol. The van der Waals surface area contributed by atoms with Gasteiger partial charge in [-0.2, -0.15) is 0 Å². The zero-order valence-electron chi connectivity index (χ0n) is 14.3. The Morgan fingerprint density at radius 3 is 2.60 bits per heavy atom. The van der Waals surface area contributed by atoms with Gasteiger partial charge in [0.15, 0.2) is 0 Å². The Kier molecular flexibility index (Phi) is 6.00. The van der Waals surface area contributed by atoms with Gasteiger partial charge in [0, 0.05) is 6.54 Å². The van der Waals surface area contributed by atoms with Crippen molar-refractivity contribution in [3.8, 4) is 0 Å². The number of carbonyl (C=O) groups is 1. The van der Waals surface area contributed by atoms with Crippen LogP contribution in [0.4, 0.5) is 0 Å². The lowest BCUT2D eigenvalue weighted by Crippen LogP contribution is -2.51. The highest BCUT2D eigenvalue weighted by Crippen LogP contribution is 2.29. The molecule has 3 rings (SSSR count). The molecule has 1 saturated heterocycles. The van der Waals surface area contributed by atoms with Crippen LogP contribution in [0.5, 0.6) is 0 Å². The first-order chi connectivity index (χ1) is 12.1. The van der Waals surface area contributed by atoms with E-state index in [1.54, 1.807) is 18.2 Å². The second kappa shape index (κ2) is 8.22. The molecular weight excluding hydrogens is 355 g/mol. The number of likely N-dealkylation sites (tertiary alicyclic amines) is 1. The zero-order valence-corrected chi connectivity index (χ0v) is 15.8. The van der Waals surface area contributed by atoms with Crippen molar-refractivity contribution < 1.29 is 4.79 Å². The van der Waals surface area contributed by atoms with Crippen LogP contribution in [0.2, 0.25) is 10.0 Å². The Balaban J connectivity index is 1.94. The predicted octanol–water partition coefficient (Wildman–Crippen LogP) is 5.08. The third-order valence-electron chi connectivity index (χ3n) is 4.73. The standard InChI is InChI=1S/C20H22Cl2N2O/c1-23-13-6-5-12-18(23)24(14-15-8-3-2-4-9-15)20(25)16-10-7-11-17(21)19(16)22/h2-4,7-11,18H,5-6,12-14H2,1H3. The van der Waals surface area contributed by atoms with Gasteiger partial charge in [0.05, 0.1) is 21.8 Å². The van der Waals surface area contributed by atoms with Crippen LogP contribution in [0.25, 0.3) is 0 Å². The van der Waals surface area contributed by atoms with Crippen molar-refractivity contribution in [2.45, 2.75) is 32.0 Å². The molecule has 1 aliphatic heterocycles. The third kappa shape index (κ3) is 4.17. The van der Waals surface area contributed by atoms with Crippen molar-refractivity contribution in [1.29, 1.82) is 0 Å². The topological polar surface area (TPSA) is 23.6 Å². The predicted molar refractivity (Wildman–Crippen MR) is 103 cm³/mol. The van der Waals surface area contributed by atoms with E-state index in [0.29, 0.717) is 22.2 Å². The van der Waals surface area contributed by atoms with Gasteiger partial charge in [-0.05, 0) is 50.6 Å². The molecule has 0 radical (unpaired) electrons. The number of piperidine rings is 1. The molecular formula is C20H22Cl2N2O. The molecule has 3 nitrogen and oxygen atoms in total. The van der Waals surface area contributed by atoms with Gasteiger partial charge in [-0.15, -0.1) is 0 Å². The Hall–Kier alpha value is -1.55. The summed E-state index contributed by atoms with van der Waals surface area (Å²) in [4.78, 5) is 17.5. The molecule has 1 unspecified atom stereocenters. The van der Waals surface area contributed by atoms with E-state index in [9.17, 15) is 4.79 Å². The van der Waals surface area contributed by atoms with Gasteiger partial charge >= 0.3 is 0 Å². The van der Waals surface area contributed by atoms with E-state index in [1.165, 1.54) is 0 Å². The quantitative estimate of drug-likeness (QED) is 0.742. The van der Waals surface area contributed by atoms with E-state index in [1.807, 2.05) is 35.2 Å². The average Bonchev–Trinajstić information content (AvgIpc) is 2.63. The first-order valence-electron chi connectivity index (χ1n) is 8.57. The molecule has 2 aromatic rings. The maximum atomic E-state index is 13.3. The molecule has 25 heavy (non-hydrogen) atoms. The third-order valence-corrected chi connectivity index (χ3v) is 5.55. The van der Waals surface area contributed by atoms with Crippen molar-refractivity contribution in [2.24, 2.45) is 0 Å². The van der Waals surface area contributed by atoms with Gasteiger partial charge in [0.25, 0.3) is 5.91 Å². The highest BCUT2D eigenvalue weighted by atomic mass is 35.5. The summed E-state index contributed by atoms with van der Waals surface area (Å²) in [7, 11) is 2.08. The van der Waals surface area contributed by atoms with Crippen LogP contribution < -0.4 is 0 Å². The second-order valence-electron chi connectivity index (χ2n) is 6.48. The number of carbonyl (C=O) groups excluding carboxylic acids is 1. The molecule has 132 valence electrons. The number of benzene rings is 2. The van der Waals surface area contributed by atoms with Gasteiger partial charge in [0.2, 0.25) is 0 Å². The van der Waals surface area contributed by atoms with Gasteiger partial charge in [-0.25, -0.2) is 0 Å². The van der Waals surface area contributed by atoms with Crippen molar-refractivity contribution >= 4 is 29.1 Å². The number of rotatable bonds is 4. The molecule has 5 heteroatoms. The highest BCUT2D eigenvalue weighted by molar-refractivity contribution is 6.43. The van der Waals surface area contributed by atoms with E-state index in [-0.39, 0.29) is 12.1 Å². The first kappa shape index (κ1) is 18.2. The molecule has 1 aliphatic rings. The van der Waals surface area contributed by atoms with Crippen LogP contribution in [0, 0.1) is 0 Å². The lowest BCUT2D eigenvalue weighted by molar-refractivity contribution is 0.0216. The summed E-state index contributed by atoms with van der Waals surface area (Å²) in [5, 5.41) is 0.731. The van der Waals surface area contributed by atoms with Crippen molar-refractivity contribution in [3.63, 3.8) is 0 Å². The normalized spacial score (nSPS) is 18.1. The van der Waals surface area contributed by atoms with Crippen LogP contribution in [0.1, 0.15) is 35.2 Å². The fourth-order valence-corrected chi connectivity index (χ4v) is 3.75.